The molecule has 2 aromatic rings. The maximum absolute atomic E-state index is 4.67. The summed E-state index contributed by atoms with van der Waals surface area (Å²) >= 11 is 1.72. The van der Waals surface area contributed by atoms with Gasteiger partial charge in [-0.15, -0.1) is 24.0 Å². The van der Waals surface area contributed by atoms with Gasteiger partial charge in [-0.05, 0) is 60.8 Å². The highest BCUT2D eigenvalue weighted by molar-refractivity contribution is 14.0. The Kier molecular flexibility index (Phi) is 11.4. The van der Waals surface area contributed by atoms with Crippen LogP contribution < -0.4 is 15.5 Å². The predicted octanol–water partition coefficient (Wildman–Crippen LogP) is 4.02. The number of benzene rings is 1. The molecule has 2 N–H and O–H groups in total. The Labute approximate surface area is 196 Å². The Morgan fingerprint density at radius 2 is 1.83 bits per heavy atom. The van der Waals surface area contributed by atoms with Crippen molar-refractivity contribution in [1.29, 1.82) is 0 Å². The van der Waals surface area contributed by atoms with E-state index in [-0.39, 0.29) is 24.0 Å². The Morgan fingerprint density at radius 3 is 2.52 bits per heavy atom. The number of piperazine rings is 1. The van der Waals surface area contributed by atoms with Crippen molar-refractivity contribution < 1.29 is 0 Å². The normalized spacial score (nSPS) is 15.1. The second kappa shape index (κ2) is 13.8. The molecule has 1 aromatic carbocycles. The molecule has 0 saturated carbocycles. The third kappa shape index (κ3) is 8.52. The van der Waals surface area contributed by atoms with Crippen LogP contribution in [0.2, 0.25) is 0 Å². The highest BCUT2D eigenvalue weighted by Crippen LogP contribution is 2.15. The van der Waals surface area contributed by atoms with Gasteiger partial charge in [0.25, 0.3) is 0 Å². The minimum absolute atomic E-state index is 0. The first-order chi connectivity index (χ1) is 13.8. The number of unbranched alkanes of at least 4 members (excludes halogenated alkanes) is 1. The molecule has 0 bridgehead atoms. The third-order valence-corrected chi connectivity index (χ3v) is 5.76. The monoisotopic (exact) mass is 527 g/mol. The lowest BCUT2D eigenvalue weighted by atomic mass is 10.2. The number of hydrogen-bond donors (Lipinski definition) is 2. The van der Waals surface area contributed by atoms with Crippen molar-refractivity contribution in [3.63, 3.8) is 0 Å². The first-order valence-corrected chi connectivity index (χ1v) is 11.3. The lowest BCUT2D eigenvalue weighted by molar-refractivity contribution is 0.253. The maximum Gasteiger partial charge on any atom is 0.191 e. The molecule has 1 aromatic heterocycles. The SMILES string of the molecule is CCNC(=NCc1ccsc1)NCCCCN1CCN(c2ccccc2)CC1.I. The van der Waals surface area contributed by atoms with Crippen molar-refractivity contribution in [2.45, 2.75) is 26.3 Å². The van der Waals surface area contributed by atoms with Crippen molar-refractivity contribution >= 4 is 47.0 Å². The smallest absolute Gasteiger partial charge is 0.191 e. The molecule has 1 aliphatic rings. The van der Waals surface area contributed by atoms with Gasteiger partial charge in [0, 0.05) is 45.0 Å². The summed E-state index contributed by atoms with van der Waals surface area (Å²) in [4.78, 5) is 9.75. The van der Waals surface area contributed by atoms with Gasteiger partial charge in [-0.2, -0.15) is 11.3 Å². The van der Waals surface area contributed by atoms with Gasteiger partial charge in [0.2, 0.25) is 0 Å². The van der Waals surface area contributed by atoms with E-state index in [0.29, 0.717) is 0 Å². The Balaban J connectivity index is 0.00000300. The zero-order chi connectivity index (χ0) is 19.4. The molecule has 29 heavy (non-hydrogen) atoms. The van der Waals surface area contributed by atoms with E-state index in [4.69, 9.17) is 0 Å². The standard InChI is InChI=1S/C22H33N5S.HI/c1-2-23-22(25-18-20-10-17-28-19-20)24-11-6-7-12-26-13-15-27(16-14-26)21-8-4-3-5-9-21;/h3-5,8-10,17,19H,2,6-7,11-16,18H2,1H3,(H2,23,24,25);1H. The number of thiophene rings is 1. The summed E-state index contributed by atoms with van der Waals surface area (Å²) < 4.78 is 0. The highest BCUT2D eigenvalue weighted by atomic mass is 127. The van der Waals surface area contributed by atoms with Crippen LogP contribution >= 0.6 is 35.3 Å². The molecule has 1 fully saturated rings. The number of halogens is 1. The van der Waals surface area contributed by atoms with Crippen molar-refractivity contribution in [3.8, 4) is 0 Å². The van der Waals surface area contributed by atoms with Crippen LogP contribution in [0.25, 0.3) is 0 Å². The first-order valence-electron chi connectivity index (χ1n) is 10.4. The summed E-state index contributed by atoms with van der Waals surface area (Å²) in [5.74, 6) is 0.921. The van der Waals surface area contributed by atoms with Gasteiger partial charge in [-0.25, -0.2) is 4.99 Å². The van der Waals surface area contributed by atoms with Gasteiger partial charge in [0.1, 0.15) is 0 Å². The lowest BCUT2D eigenvalue weighted by Gasteiger charge is -2.36. The number of nitrogens with zero attached hydrogens (tertiary/aromatic N) is 3. The fourth-order valence-corrected chi connectivity index (χ4v) is 4.09. The Bertz CT molecular complexity index is 684. The summed E-state index contributed by atoms with van der Waals surface area (Å²) in [6, 6.07) is 12.9. The van der Waals surface area contributed by atoms with Crippen LogP contribution in [-0.4, -0.2) is 56.7 Å². The minimum atomic E-state index is 0. The van der Waals surface area contributed by atoms with E-state index in [1.807, 2.05) is 0 Å². The topological polar surface area (TPSA) is 42.9 Å². The zero-order valence-corrected chi connectivity index (χ0v) is 20.5. The molecular formula is C22H34IN5S. The molecule has 2 heterocycles. The molecule has 1 saturated heterocycles. The van der Waals surface area contributed by atoms with E-state index in [9.17, 15) is 0 Å². The average Bonchev–Trinajstić information content (AvgIpc) is 3.26. The van der Waals surface area contributed by atoms with E-state index >= 15 is 0 Å². The van der Waals surface area contributed by atoms with Gasteiger partial charge in [0.05, 0.1) is 6.54 Å². The van der Waals surface area contributed by atoms with E-state index in [1.165, 1.54) is 30.6 Å². The predicted molar refractivity (Wildman–Crippen MR) is 137 cm³/mol. The highest BCUT2D eigenvalue weighted by Gasteiger charge is 2.16. The number of hydrogen-bond acceptors (Lipinski definition) is 4. The summed E-state index contributed by atoms with van der Waals surface area (Å²) in [5, 5.41) is 11.1. The van der Waals surface area contributed by atoms with E-state index in [0.717, 1.165) is 51.8 Å². The molecule has 3 rings (SSSR count). The van der Waals surface area contributed by atoms with E-state index in [1.54, 1.807) is 11.3 Å². The summed E-state index contributed by atoms with van der Waals surface area (Å²) in [6.45, 7) is 10.5. The van der Waals surface area contributed by atoms with Crippen molar-refractivity contribution in [3.05, 3.63) is 52.7 Å². The molecule has 5 nitrogen and oxygen atoms in total. The number of anilines is 1. The van der Waals surface area contributed by atoms with Gasteiger partial charge in [-0.1, -0.05) is 18.2 Å². The summed E-state index contributed by atoms with van der Waals surface area (Å²) in [6.07, 6.45) is 2.39. The van der Waals surface area contributed by atoms with Crippen LogP contribution in [-0.2, 0) is 6.54 Å². The van der Waals surface area contributed by atoms with Crippen LogP contribution in [0, 0.1) is 0 Å². The second-order valence-electron chi connectivity index (χ2n) is 7.12. The van der Waals surface area contributed by atoms with Crippen LogP contribution in [0.3, 0.4) is 0 Å². The van der Waals surface area contributed by atoms with Gasteiger partial charge < -0.3 is 15.5 Å². The first kappa shape index (κ1) is 24.0. The number of nitrogens with one attached hydrogen (secondary N) is 2. The molecule has 0 radical (unpaired) electrons. The molecule has 0 unspecified atom stereocenters. The average molecular weight is 528 g/mol. The van der Waals surface area contributed by atoms with Gasteiger partial charge in [0.15, 0.2) is 5.96 Å². The van der Waals surface area contributed by atoms with Crippen LogP contribution in [0.15, 0.2) is 52.2 Å². The molecule has 1 aliphatic heterocycles. The second-order valence-corrected chi connectivity index (χ2v) is 7.90. The minimum Gasteiger partial charge on any atom is -0.369 e. The lowest BCUT2D eigenvalue weighted by Crippen LogP contribution is -2.46. The van der Waals surface area contributed by atoms with Crippen LogP contribution in [0.4, 0.5) is 5.69 Å². The van der Waals surface area contributed by atoms with Gasteiger partial charge >= 0.3 is 0 Å². The van der Waals surface area contributed by atoms with Crippen molar-refractivity contribution in [2.24, 2.45) is 4.99 Å². The van der Waals surface area contributed by atoms with Crippen molar-refractivity contribution in [2.75, 3.05) is 50.7 Å². The van der Waals surface area contributed by atoms with E-state index < -0.39 is 0 Å². The van der Waals surface area contributed by atoms with Crippen LogP contribution in [0.1, 0.15) is 25.3 Å². The fraction of sp³-hybridized carbons (Fsp3) is 0.500. The third-order valence-electron chi connectivity index (χ3n) is 5.03. The fourth-order valence-electron chi connectivity index (χ4n) is 3.43. The summed E-state index contributed by atoms with van der Waals surface area (Å²) in [7, 11) is 0. The van der Waals surface area contributed by atoms with Crippen LogP contribution in [0.5, 0.6) is 0 Å². The molecular weight excluding hydrogens is 493 g/mol. The Morgan fingerprint density at radius 1 is 1.03 bits per heavy atom. The quantitative estimate of drug-likeness (QED) is 0.224. The molecule has 0 aliphatic carbocycles. The summed E-state index contributed by atoms with van der Waals surface area (Å²) in [5.41, 5.74) is 2.63. The molecule has 160 valence electrons. The zero-order valence-electron chi connectivity index (χ0n) is 17.3. The van der Waals surface area contributed by atoms with E-state index in [2.05, 4.69) is 79.5 Å². The number of aliphatic imine (C=N–C) groups is 1. The molecule has 0 amide bonds. The molecule has 0 atom stereocenters. The molecule has 0 spiro atoms. The van der Waals surface area contributed by atoms with Crippen molar-refractivity contribution in [1.82, 2.24) is 15.5 Å². The largest absolute Gasteiger partial charge is 0.369 e. The van der Waals surface area contributed by atoms with Gasteiger partial charge in [-0.3, -0.25) is 4.90 Å². The number of guanidine groups is 1. The number of para-hydroxylation sites is 1. The number of rotatable bonds is 9. The maximum atomic E-state index is 4.67. The Hall–Kier alpha value is -1.32. The molecule has 7 heteroatoms.